The average Bonchev–Trinajstić information content (AvgIpc) is 2.42. The minimum absolute atomic E-state index is 0.179. The predicted octanol–water partition coefficient (Wildman–Crippen LogP) is 3.66. The van der Waals surface area contributed by atoms with Crippen molar-refractivity contribution in [2.75, 3.05) is 5.32 Å². The zero-order valence-corrected chi connectivity index (χ0v) is 11.6. The Morgan fingerprint density at radius 2 is 1.75 bits per heavy atom. The molecule has 2 rings (SSSR count). The number of amides is 1. The summed E-state index contributed by atoms with van der Waals surface area (Å²) in [6.07, 6.45) is 3.18. The second kappa shape index (κ2) is 6.06. The van der Waals surface area contributed by atoms with Gasteiger partial charge in [-0.05, 0) is 60.9 Å². The lowest BCUT2D eigenvalue weighted by atomic mass is 10.1. The number of benzene rings is 2. The summed E-state index contributed by atoms with van der Waals surface area (Å²) in [5.41, 5.74) is 3.99. The van der Waals surface area contributed by atoms with E-state index in [4.69, 9.17) is 0 Å². The highest BCUT2D eigenvalue weighted by molar-refractivity contribution is 6.01. The van der Waals surface area contributed by atoms with E-state index in [-0.39, 0.29) is 11.7 Å². The molecule has 20 heavy (non-hydrogen) atoms. The Hall–Kier alpha value is -2.55. The summed E-state index contributed by atoms with van der Waals surface area (Å²) >= 11 is 0. The minimum atomic E-state index is -0.179. The Labute approximate surface area is 118 Å². The molecule has 0 fully saturated rings. The van der Waals surface area contributed by atoms with Crippen molar-refractivity contribution in [3.8, 4) is 5.75 Å². The third kappa shape index (κ3) is 3.72. The van der Waals surface area contributed by atoms with E-state index in [0.29, 0.717) is 0 Å². The number of nitrogens with one attached hydrogen (secondary N) is 1. The highest BCUT2D eigenvalue weighted by Gasteiger charge is 1.99. The van der Waals surface area contributed by atoms with Crippen molar-refractivity contribution in [1.29, 1.82) is 0 Å². The van der Waals surface area contributed by atoms with Gasteiger partial charge in [-0.1, -0.05) is 18.2 Å². The number of phenolic OH excluding ortho intramolecular Hbond substituents is 1. The van der Waals surface area contributed by atoms with Gasteiger partial charge in [-0.25, -0.2) is 0 Å². The van der Waals surface area contributed by atoms with E-state index in [0.717, 1.165) is 16.8 Å². The second-order valence-electron chi connectivity index (χ2n) is 4.71. The van der Waals surface area contributed by atoms with Crippen LogP contribution in [0, 0.1) is 13.8 Å². The smallest absolute Gasteiger partial charge is 0.248 e. The summed E-state index contributed by atoms with van der Waals surface area (Å²) in [7, 11) is 0. The molecule has 0 saturated carbocycles. The maximum atomic E-state index is 11.8. The van der Waals surface area contributed by atoms with Crippen molar-refractivity contribution < 1.29 is 9.90 Å². The molecule has 0 aliphatic heterocycles. The zero-order chi connectivity index (χ0) is 14.5. The standard InChI is InChI=1S/C17H17NO2/c1-12-3-7-15(11-13(12)2)18-17(20)10-6-14-4-8-16(19)9-5-14/h3-11,19H,1-2H3,(H,18,20)/b10-6+. The fourth-order valence-corrected chi connectivity index (χ4v) is 1.76. The van der Waals surface area contributed by atoms with E-state index in [9.17, 15) is 9.90 Å². The summed E-state index contributed by atoms with van der Waals surface area (Å²) in [4.78, 5) is 11.8. The molecular formula is C17H17NO2. The van der Waals surface area contributed by atoms with Gasteiger partial charge in [-0.15, -0.1) is 0 Å². The highest BCUT2D eigenvalue weighted by atomic mass is 16.3. The zero-order valence-electron chi connectivity index (χ0n) is 11.6. The van der Waals surface area contributed by atoms with E-state index in [1.807, 2.05) is 32.0 Å². The highest BCUT2D eigenvalue weighted by Crippen LogP contribution is 2.14. The van der Waals surface area contributed by atoms with Crippen LogP contribution in [-0.4, -0.2) is 11.0 Å². The Morgan fingerprint density at radius 1 is 1.05 bits per heavy atom. The van der Waals surface area contributed by atoms with Crippen molar-refractivity contribution in [3.05, 3.63) is 65.2 Å². The molecule has 0 aromatic heterocycles. The number of phenols is 1. The van der Waals surface area contributed by atoms with Crippen LogP contribution < -0.4 is 5.32 Å². The van der Waals surface area contributed by atoms with Crippen molar-refractivity contribution in [2.45, 2.75) is 13.8 Å². The van der Waals surface area contributed by atoms with Crippen LogP contribution in [0.3, 0.4) is 0 Å². The van der Waals surface area contributed by atoms with Crippen LogP contribution >= 0.6 is 0 Å². The molecule has 3 heteroatoms. The number of carbonyl (C=O) groups is 1. The van der Waals surface area contributed by atoms with Gasteiger partial charge in [0.25, 0.3) is 0 Å². The van der Waals surface area contributed by atoms with Gasteiger partial charge in [0.2, 0.25) is 5.91 Å². The van der Waals surface area contributed by atoms with Crippen molar-refractivity contribution in [1.82, 2.24) is 0 Å². The van der Waals surface area contributed by atoms with E-state index in [2.05, 4.69) is 5.32 Å². The van der Waals surface area contributed by atoms with Crippen molar-refractivity contribution in [2.24, 2.45) is 0 Å². The molecule has 0 radical (unpaired) electrons. The van der Waals surface area contributed by atoms with Gasteiger partial charge in [0, 0.05) is 11.8 Å². The first-order chi connectivity index (χ1) is 9.54. The maximum Gasteiger partial charge on any atom is 0.248 e. The van der Waals surface area contributed by atoms with E-state index < -0.39 is 0 Å². The summed E-state index contributed by atoms with van der Waals surface area (Å²) in [6, 6.07) is 12.5. The molecule has 0 bridgehead atoms. The lowest BCUT2D eigenvalue weighted by Crippen LogP contribution is -2.07. The van der Waals surface area contributed by atoms with Crippen molar-refractivity contribution in [3.63, 3.8) is 0 Å². The fourth-order valence-electron chi connectivity index (χ4n) is 1.76. The monoisotopic (exact) mass is 267 g/mol. The molecule has 0 unspecified atom stereocenters. The molecule has 0 heterocycles. The van der Waals surface area contributed by atoms with Crippen LogP contribution in [0.1, 0.15) is 16.7 Å². The van der Waals surface area contributed by atoms with Crippen LogP contribution in [0.4, 0.5) is 5.69 Å². The molecule has 0 aliphatic rings. The topological polar surface area (TPSA) is 49.3 Å². The van der Waals surface area contributed by atoms with Gasteiger partial charge in [0.1, 0.15) is 5.75 Å². The number of carbonyl (C=O) groups excluding carboxylic acids is 1. The Kier molecular flexibility index (Phi) is 4.20. The van der Waals surface area contributed by atoms with E-state index in [1.54, 1.807) is 30.3 Å². The first-order valence-electron chi connectivity index (χ1n) is 6.40. The minimum Gasteiger partial charge on any atom is -0.508 e. The van der Waals surface area contributed by atoms with Crippen LogP contribution in [0.2, 0.25) is 0 Å². The maximum absolute atomic E-state index is 11.8. The van der Waals surface area contributed by atoms with Gasteiger partial charge in [-0.2, -0.15) is 0 Å². The van der Waals surface area contributed by atoms with E-state index >= 15 is 0 Å². The Bertz CT molecular complexity index is 643. The average molecular weight is 267 g/mol. The van der Waals surface area contributed by atoms with Crippen molar-refractivity contribution >= 4 is 17.7 Å². The van der Waals surface area contributed by atoms with Crippen LogP contribution in [0.15, 0.2) is 48.5 Å². The third-order valence-corrected chi connectivity index (χ3v) is 3.09. The first kappa shape index (κ1) is 13.9. The third-order valence-electron chi connectivity index (χ3n) is 3.09. The molecule has 3 nitrogen and oxygen atoms in total. The second-order valence-corrected chi connectivity index (χ2v) is 4.71. The van der Waals surface area contributed by atoms with Gasteiger partial charge in [0.15, 0.2) is 0 Å². The lowest BCUT2D eigenvalue weighted by molar-refractivity contribution is -0.111. The van der Waals surface area contributed by atoms with Crippen LogP contribution in [0.25, 0.3) is 6.08 Å². The number of rotatable bonds is 3. The van der Waals surface area contributed by atoms with Gasteiger partial charge >= 0.3 is 0 Å². The predicted molar refractivity (Wildman–Crippen MR) is 81.7 cm³/mol. The lowest BCUT2D eigenvalue weighted by Gasteiger charge is -2.05. The van der Waals surface area contributed by atoms with E-state index in [1.165, 1.54) is 11.6 Å². The summed E-state index contributed by atoms with van der Waals surface area (Å²) in [5, 5.41) is 12.0. The normalized spacial score (nSPS) is 10.7. The molecule has 102 valence electrons. The Balaban J connectivity index is 2.01. The SMILES string of the molecule is Cc1ccc(NC(=O)/C=C/c2ccc(O)cc2)cc1C. The van der Waals surface area contributed by atoms with Gasteiger partial charge in [0.05, 0.1) is 0 Å². The first-order valence-corrected chi connectivity index (χ1v) is 6.40. The molecule has 2 N–H and O–H groups in total. The summed E-state index contributed by atoms with van der Waals surface area (Å²) in [5.74, 6) is 0.0306. The number of aromatic hydroxyl groups is 1. The number of anilines is 1. The molecular weight excluding hydrogens is 250 g/mol. The summed E-state index contributed by atoms with van der Waals surface area (Å²) in [6.45, 7) is 4.04. The quantitative estimate of drug-likeness (QED) is 0.834. The van der Waals surface area contributed by atoms with Crippen LogP contribution in [-0.2, 0) is 4.79 Å². The summed E-state index contributed by atoms with van der Waals surface area (Å²) < 4.78 is 0. The number of aryl methyl sites for hydroxylation is 2. The fraction of sp³-hybridized carbons (Fsp3) is 0.118. The van der Waals surface area contributed by atoms with Crippen LogP contribution in [0.5, 0.6) is 5.75 Å². The molecule has 2 aromatic carbocycles. The largest absolute Gasteiger partial charge is 0.508 e. The molecule has 1 amide bonds. The number of hydrogen-bond acceptors (Lipinski definition) is 2. The Morgan fingerprint density at radius 3 is 2.40 bits per heavy atom. The molecule has 2 aromatic rings. The number of hydrogen-bond donors (Lipinski definition) is 2. The molecule has 0 aliphatic carbocycles. The molecule has 0 saturated heterocycles. The molecule has 0 spiro atoms. The van der Waals surface area contributed by atoms with Gasteiger partial charge in [-0.3, -0.25) is 4.79 Å². The van der Waals surface area contributed by atoms with Gasteiger partial charge < -0.3 is 10.4 Å². The molecule has 0 atom stereocenters.